The monoisotopic (exact) mass is 356 g/mol. The number of likely N-dealkylation sites (N-methyl/N-ethyl adjacent to an activating group) is 1. The number of piperidine rings is 1. The van der Waals surface area contributed by atoms with Gasteiger partial charge < -0.3 is 9.84 Å². The van der Waals surface area contributed by atoms with Crippen LogP contribution in [0.1, 0.15) is 32.3 Å². The SMILES string of the molecule is CC(C)Oc1ccccc1CN1CCC(N(C)CC(=O)O)CC1.Cl. The number of benzene rings is 1. The molecule has 1 aromatic rings. The molecule has 1 aromatic carbocycles. The van der Waals surface area contributed by atoms with E-state index in [2.05, 4.69) is 17.0 Å². The summed E-state index contributed by atoms with van der Waals surface area (Å²) >= 11 is 0. The summed E-state index contributed by atoms with van der Waals surface area (Å²) in [6.45, 7) is 7.07. The lowest BCUT2D eigenvalue weighted by Gasteiger charge is -2.36. The first kappa shape index (κ1) is 20.7. The molecule has 6 heteroatoms. The maximum Gasteiger partial charge on any atom is 0.317 e. The highest BCUT2D eigenvalue weighted by atomic mass is 35.5. The number of likely N-dealkylation sites (tertiary alicyclic amines) is 1. The Bertz CT molecular complexity index is 517. The van der Waals surface area contributed by atoms with Gasteiger partial charge in [-0.15, -0.1) is 12.4 Å². The zero-order valence-electron chi connectivity index (χ0n) is 14.8. The molecule has 0 aliphatic carbocycles. The number of nitrogens with zero attached hydrogens (tertiary/aromatic N) is 2. The number of carbonyl (C=O) groups is 1. The van der Waals surface area contributed by atoms with Crippen molar-refractivity contribution in [2.45, 2.75) is 45.4 Å². The highest BCUT2D eigenvalue weighted by molar-refractivity contribution is 5.85. The van der Waals surface area contributed by atoms with Crippen LogP contribution in [-0.2, 0) is 11.3 Å². The Kier molecular flexibility index (Phi) is 8.53. The van der Waals surface area contributed by atoms with Crippen LogP contribution in [0.3, 0.4) is 0 Å². The minimum atomic E-state index is -0.755. The molecule has 0 atom stereocenters. The molecule has 0 radical (unpaired) electrons. The summed E-state index contributed by atoms with van der Waals surface area (Å²) < 4.78 is 5.89. The molecular formula is C18H29ClN2O3. The van der Waals surface area contributed by atoms with Gasteiger partial charge in [0.1, 0.15) is 5.75 Å². The average Bonchev–Trinajstić information content (AvgIpc) is 2.49. The van der Waals surface area contributed by atoms with Crippen LogP contribution in [0.25, 0.3) is 0 Å². The summed E-state index contributed by atoms with van der Waals surface area (Å²) in [5.41, 5.74) is 1.22. The zero-order chi connectivity index (χ0) is 16.8. The maximum atomic E-state index is 10.8. The Balaban J connectivity index is 0.00000288. The van der Waals surface area contributed by atoms with Crippen molar-refractivity contribution in [3.05, 3.63) is 29.8 Å². The molecule has 5 nitrogen and oxygen atoms in total. The molecule has 1 aliphatic heterocycles. The second-order valence-electron chi connectivity index (χ2n) is 6.59. The van der Waals surface area contributed by atoms with Crippen molar-refractivity contribution < 1.29 is 14.6 Å². The highest BCUT2D eigenvalue weighted by Gasteiger charge is 2.24. The molecule has 0 saturated carbocycles. The number of carboxylic acids is 1. The number of hydrogen-bond donors (Lipinski definition) is 1. The number of ether oxygens (including phenoxy) is 1. The summed E-state index contributed by atoms with van der Waals surface area (Å²) in [5.74, 6) is 0.210. The number of para-hydroxylation sites is 1. The first-order valence-corrected chi connectivity index (χ1v) is 8.34. The van der Waals surface area contributed by atoms with Crippen LogP contribution in [0.15, 0.2) is 24.3 Å². The molecule has 0 bridgehead atoms. The van der Waals surface area contributed by atoms with E-state index in [0.29, 0.717) is 6.04 Å². The fourth-order valence-corrected chi connectivity index (χ4v) is 3.10. The van der Waals surface area contributed by atoms with E-state index in [4.69, 9.17) is 9.84 Å². The molecule has 1 heterocycles. The largest absolute Gasteiger partial charge is 0.491 e. The van der Waals surface area contributed by atoms with E-state index < -0.39 is 5.97 Å². The highest BCUT2D eigenvalue weighted by Crippen LogP contribution is 2.23. The van der Waals surface area contributed by atoms with E-state index in [1.807, 2.05) is 37.9 Å². The zero-order valence-corrected chi connectivity index (χ0v) is 15.6. The standard InChI is InChI=1S/C18H28N2O3.ClH/c1-14(2)23-17-7-5-4-6-15(17)12-20-10-8-16(9-11-20)19(3)13-18(21)22;/h4-7,14,16H,8-13H2,1-3H3,(H,21,22);1H. The number of halogens is 1. The van der Waals surface area contributed by atoms with Crippen molar-refractivity contribution in [3.63, 3.8) is 0 Å². The lowest BCUT2D eigenvalue weighted by Crippen LogP contribution is -2.44. The molecule has 136 valence electrons. The van der Waals surface area contributed by atoms with Gasteiger partial charge in [0.05, 0.1) is 12.6 Å². The van der Waals surface area contributed by atoms with Gasteiger partial charge in [-0.2, -0.15) is 0 Å². The van der Waals surface area contributed by atoms with Gasteiger partial charge in [0.25, 0.3) is 0 Å². The van der Waals surface area contributed by atoms with Crippen molar-refractivity contribution in [1.82, 2.24) is 9.80 Å². The Morgan fingerprint density at radius 3 is 2.54 bits per heavy atom. The molecule has 24 heavy (non-hydrogen) atoms. The second kappa shape index (κ2) is 9.87. The van der Waals surface area contributed by atoms with Crippen LogP contribution in [-0.4, -0.2) is 59.7 Å². The minimum absolute atomic E-state index is 0. The Morgan fingerprint density at radius 1 is 1.33 bits per heavy atom. The second-order valence-corrected chi connectivity index (χ2v) is 6.59. The lowest BCUT2D eigenvalue weighted by atomic mass is 10.0. The van der Waals surface area contributed by atoms with Crippen molar-refractivity contribution in [3.8, 4) is 5.75 Å². The van der Waals surface area contributed by atoms with Crippen LogP contribution >= 0.6 is 12.4 Å². The molecule has 0 amide bonds. The van der Waals surface area contributed by atoms with Gasteiger partial charge in [-0.05, 0) is 52.9 Å². The molecule has 0 spiro atoms. The quantitative estimate of drug-likeness (QED) is 0.814. The van der Waals surface area contributed by atoms with E-state index in [9.17, 15) is 4.79 Å². The normalized spacial score (nSPS) is 16.2. The van der Waals surface area contributed by atoms with Gasteiger partial charge >= 0.3 is 5.97 Å². The van der Waals surface area contributed by atoms with Gasteiger partial charge in [-0.3, -0.25) is 14.6 Å². The van der Waals surface area contributed by atoms with Crippen LogP contribution in [0.5, 0.6) is 5.75 Å². The fourth-order valence-electron chi connectivity index (χ4n) is 3.10. The third kappa shape index (κ3) is 6.30. The number of carboxylic acid groups (broad SMARTS) is 1. The molecule has 0 unspecified atom stereocenters. The maximum absolute atomic E-state index is 10.8. The molecule has 1 aliphatic rings. The van der Waals surface area contributed by atoms with Gasteiger partial charge in [0.2, 0.25) is 0 Å². The Hall–Kier alpha value is -1.30. The van der Waals surface area contributed by atoms with Crippen LogP contribution < -0.4 is 4.74 Å². The van der Waals surface area contributed by atoms with E-state index in [1.54, 1.807) is 0 Å². The van der Waals surface area contributed by atoms with E-state index in [1.165, 1.54) is 5.56 Å². The summed E-state index contributed by atoms with van der Waals surface area (Å²) in [6, 6.07) is 8.58. The minimum Gasteiger partial charge on any atom is -0.491 e. The van der Waals surface area contributed by atoms with Gasteiger partial charge in [-0.25, -0.2) is 0 Å². The molecule has 2 rings (SSSR count). The molecule has 0 aromatic heterocycles. The topological polar surface area (TPSA) is 53.0 Å². The summed E-state index contributed by atoms with van der Waals surface area (Å²) in [5, 5.41) is 8.90. The van der Waals surface area contributed by atoms with Crippen molar-refractivity contribution in [2.24, 2.45) is 0 Å². The van der Waals surface area contributed by atoms with Crippen molar-refractivity contribution in [2.75, 3.05) is 26.7 Å². The Labute approximate surface area is 151 Å². The fraction of sp³-hybridized carbons (Fsp3) is 0.611. The summed E-state index contributed by atoms with van der Waals surface area (Å²) in [6.07, 6.45) is 2.19. The number of aliphatic carboxylic acids is 1. The van der Waals surface area contributed by atoms with Gasteiger partial charge in [0, 0.05) is 18.2 Å². The third-order valence-corrected chi connectivity index (χ3v) is 4.29. The third-order valence-electron chi connectivity index (χ3n) is 4.29. The van der Waals surface area contributed by atoms with E-state index >= 15 is 0 Å². The molecule has 1 N–H and O–H groups in total. The molecule has 1 saturated heterocycles. The smallest absolute Gasteiger partial charge is 0.317 e. The number of hydrogen-bond acceptors (Lipinski definition) is 4. The van der Waals surface area contributed by atoms with Crippen LogP contribution in [0.4, 0.5) is 0 Å². The van der Waals surface area contributed by atoms with E-state index in [0.717, 1.165) is 38.2 Å². The van der Waals surface area contributed by atoms with E-state index in [-0.39, 0.29) is 25.1 Å². The van der Waals surface area contributed by atoms with Crippen LogP contribution in [0.2, 0.25) is 0 Å². The lowest BCUT2D eigenvalue weighted by molar-refractivity contribution is -0.138. The van der Waals surface area contributed by atoms with Gasteiger partial charge in [-0.1, -0.05) is 18.2 Å². The van der Waals surface area contributed by atoms with Crippen molar-refractivity contribution >= 4 is 18.4 Å². The average molecular weight is 357 g/mol. The number of rotatable bonds is 7. The van der Waals surface area contributed by atoms with Crippen molar-refractivity contribution in [1.29, 1.82) is 0 Å². The molecule has 1 fully saturated rings. The predicted octanol–water partition coefficient (Wildman–Crippen LogP) is 2.88. The van der Waals surface area contributed by atoms with Gasteiger partial charge in [0.15, 0.2) is 0 Å². The first-order valence-electron chi connectivity index (χ1n) is 8.34. The summed E-state index contributed by atoms with van der Waals surface area (Å²) in [4.78, 5) is 15.2. The predicted molar refractivity (Wildman–Crippen MR) is 98.0 cm³/mol. The Morgan fingerprint density at radius 2 is 1.96 bits per heavy atom. The first-order chi connectivity index (χ1) is 11.0. The van der Waals surface area contributed by atoms with Crippen LogP contribution in [0, 0.1) is 0 Å². The molecular weight excluding hydrogens is 328 g/mol. The summed E-state index contributed by atoms with van der Waals surface area (Å²) in [7, 11) is 1.90.